The predicted octanol–water partition coefficient (Wildman–Crippen LogP) is 2.80. The molecule has 1 aromatic rings. The molecule has 0 aliphatic heterocycles. The smallest absolute Gasteiger partial charge is 0.161 e. The maximum Gasteiger partial charge on any atom is 0.161 e. The Labute approximate surface area is 121 Å². The zero-order valence-electron chi connectivity index (χ0n) is 13.3. The van der Waals surface area contributed by atoms with Gasteiger partial charge in [0.1, 0.15) is 0 Å². The molecule has 1 aliphatic rings. The number of hydrogen-bond donors (Lipinski definition) is 2. The minimum absolute atomic E-state index is 0.0762. The van der Waals surface area contributed by atoms with Crippen molar-refractivity contribution in [2.45, 2.75) is 59.0 Å². The Hall–Kier alpha value is -1.07. The summed E-state index contributed by atoms with van der Waals surface area (Å²) in [6, 6.07) is 0.363. The first kappa shape index (κ1) is 15.3. The highest BCUT2D eigenvalue weighted by atomic mass is 16.5. The molecule has 5 heteroatoms. The van der Waals surface area contributed by atoms with E-state index < -0.39 is 0 Å². The topological polar surface area (TPSA) is 65.1 Å². The quantitative estimate of drug-likeness (QED) is 0.643. The van der Waals surface area contributed by atoms with Crippen LogP contribution in [0, 0.1) is 11.3 Å². The van der Waals surface area contributed by atoms with E-state index in [1.54, 1.807) is 13.3 Å². The molecule has 1 aliphatic carbocycles. The zero-order chi connectivity index (χ0) is 14.9. The van der Waals surface area contributed by atoms with Gasteiger partial charge in [0.05, 0.1) is 25.0 Å². The summed E-state index contributed by atoms with van der Waals surface area (Å²) >= 11 is 0. The molecule has 114 valence electrons. The summed E-state index contributed by atoms with van der Waals surface area (Å²) in [7, 11) is 1.69. The van der Waals surface area contributed by atoms with E-state index in [1.165, 1.54) is 19.3 Å². The minimum Gasteiger partial charge on any atom is -0.493 e. The number of hydrogen-bond acceptors (Lipinski definition) is 4. The number of aromatic nitrogens is 2. The maximum atomic E-state index is 5.91. The van der Waals surface area contributed by atoms with Gasteiger partial charge < -0.3 is 4.74 Å². The lowest BCUT2D eigenvalue weighted by Gasteiger charge is -2.34. The van der Waals surface area contributed by atoms with Crippen LogP contribution in [0.25, 0.3) is 0 Å². The number of rotatable bonds is 5. The van der Waals surface area contributed by atoms with E-state index in [0.717, 1.165) is 11.4 Å². The second-order valence-corrected chi connectivity index (χ2v) is 6.77. The molecule has 1 heterocycles. The maximum absolute atomic E-state index is 5.91. The van der Waals surface area contributed by atoms with Gasteiger partial charge in [-0.2, -0.15) is 5.10 Å². The average molecular weight is 280 g/mol. The highest BCUT2D eigenvalue weighted by molar-refractivity contribution is 5.30. The van der Waals surface area contributed by atoms with Crippen LogP contribution in [0.3, 0.4) is 0 Å². The van der Waals surface area contributed by atoms with Crippen LogP contribution < -0.4 is 16.0 Å². The van der Waals surface area contributed by atoms with Crippen molar-refractivity contribution in [1.29, 1.82) is 0 Å². The summed E-state index contributed by atoms with van der Waals surface area (Å²) in [6.07, 6.45) is 5.48. The monoisotopic (exact) mass is 280 g/mol. The van der Waals surface area contributed by atoms with Gasteiger partial charge in [-0.3, -0.25) is 16.0 Å². The highest BCUT2D eigenvalue weighted by Gasteiger charge is 2.42. The van der Waals surface area contributed by atoms with Crippen LogP contribution in [0.1, 0.15) is 64.7 Å². The molecule has 1 fully saturated rings. The van der Waals surface area contributed by atoms with Gasteiger partial charge >= 0.3 is 0 Å². The van der Waals surface area contributed by atoms with Crippen LogP contribution in [0.2, 0.25) is 0 Å². The van der Waals surface area contributed by atoms with Crippen LogP contribution in [0.4, 0.5) is 0 Å². The SMILES string of the molecule is COc1cnn(C(C)C)c1C(NN)C1CCCC1(C)C. The Balaban J connectivity index is 2.43. The third kappa shape index (κ3) is 2.56. The van der Waals surface area contributed by atoms with Crippen molar-refractivity contribution in [3.63, 3.8) is 0 Å². The van der Waals surface area contributed by atoms with Crippen molar-refractivity contribution in [2.75, 3.05) is 7.11 Å². The largest absolute Gasteiger partial charge is 0.493 e. The number of methoxy groups -OCH3 is 1. The summed E-state index contributed by atoms with van der Waals surface area (Å²) in [4.78, 5) is 0. The van der Waals surface area contributed by atoms with Gasteiger partial charge in [-0.1, -0.05) is 20.3 Å². The van der Waals surface area contributed by atoms with E-state index in [4.69, 9.17) is 10.6 Å². The van der Waals surface area contributed by atoms with Crippen molar-refractivity contribution in [1.82, 2.24) is 15.2 Å². The Bertz CT molecular complexity index is 453. The second-order valence-electron chi connectivity index (χ2n) is 6.77. The number of hydrazine groups is 1. The van der Waals surface area contributed by atoms with E-state index in [-0.39, 0.29) is 17.5 Å². The van der Waals surface area contributed by atoms with Crippen LogP contribution in [-0.4, -0.2) is 16.9 Å². The molecule has 0 amide bonds. The van der Waals surface area contributed by atoms with E-state index in [1.807, 2.05) is 4.68 Å². The molecule has 0 saturated heterocycles. The van der Waals surface area contributed by atoms with E-state index in [2.05, 4.69) is 38.2 Å². The highest BCUT2D eigenvalue weighted by Crippen LogP contribution is 2.49. The molecule has 2 atom stereocenters. The van der Waals surface area contributed by atoms with Crippen LogP contribution >= 0.6 is 0 Å². The van der Waals surface area contributed by atoms with E-state index in [0.29, 0.717) is 5.92 Å². The Morgan fingerprint density at radius 2 is 2.20 bits per heavy atom. The Morgan fingerprint density at radius 3 is 2.65 bits per heavy atom. The number of nitrogens with one attached hydrogen (secondary N) is 1. The van der Waals surface area contributed by atoms with E-state index in [9.17, 15) is 0 Å². The molecule has 1 saturated carbocycles. The lowest BCUT2D eigenvalue weighted by atomic mass is 9.76. The lowest BCUT2D eigenvalue weighted by molar-refractivity contribution is 0.187. The first-order valence-electron chi connectivity index (χ1n) is 7.50. The van der Waals surface area contributed by atoms with Gasteiger partial charge in [0.25, 0.3) is 0 Å². The fraction of sp³-hybridized carbons (Fsp3) is 0.800. The molecule has 0 spiro atoms. The van der Waals surface area contributed by atoms with Crippen molar-refractivity contribution in [2.24, 2.45) is 17.2 Å². The third-order valence-corrected chi connectivity index (χ3v) is 4.72. The van der Waals surface area contributed by atoms with Crippen molar-refractivity contribution in [3.8, 4) is 5.75 Å². The molecule has 1 aromatic heterocycles. The standard InChI is InChI=1S/C15H28N4O/c1-10(2)19-14(12(20-5)9-17-19)13(18-16)11-7-6-8-15(11,3)4/h9-11,13,18H,6-8,16H2,1-5H3. The van der Waals surface area contributed by atoms with Crippen molar-refractivity contribution in [3.05, 3.63) is 11.9 Å². The molecule has 0 bridgehead atoms. The first-order valence-corrected chi connectivity index (χ1v) is 7.50. The zero-order valence-corrected chi connectivity index (χ0v) is 13.3. The molecule has 5 nitrogen and oxygen atoms in total. The fourth-order valence-corrected chi connectivity index (χ4v) is 3.58. The second kappa shape index (κ2) is 5.74. The molecular formula is C15H28N4O. The summed E-state index contributed by atoms with van der Waals surface area (Å²) in [5.41, 5.74) is 4.39. The molecule has 2 rings (SSSR count). The third-order valence-electron chi connectivity index (χ3n) is 4.72. The van der Waals surface area contributed by atoms with Gasteiger partial charge in [-0.15, -0.1) is 0 Å². The summed E-state index contributed by atoms with van der Waals surface area (Å²) in [5.74, 6) is 7.23. The number of nitrogens with two attached hydrogens (primary N) is 1. The van der Waals surface area contributed by atoms with Crippen LogP contribution in [0.5, 0.6) is 5.75 Å². The van der Waals surface area contributed by atoms with Crippen molar-refractivity contribution >= 4 is 0 Å². The summed E-state index contributed by atoms with van der Waals surface area (Å²) in [6.45, 7) is 8.92. The molecular weight excluding hydrogens is 252 g/mol. The lowest BCUT2D eigenvalue weighted by Crippen LogP contribution is -2.39. The van der Waals surface area contributed by atoms with Crippen LogP contribution in [-0.2, 0) is 0 Å². The molecule has 0 aromatic carbocycles. The Morgan fingerprint density at radius 1 is 1.50 bits per heavy atom. The molecule has 20 heavy (non-hydrogen) atoms. The van der Waals surface area contributed by atoms with Gasteiger partial charge in [-0.05, 0) is 38.0 Å². The molecule has 3 N–H and O–H groups in total. The van der Waals surface area contributed by atoms with Crippen molar-refractivity contribution < 1.29 is 4.74 Å². The Kier molecular flexibility index (Phi) is 4.39. The van der Waals surface area contributed by atoms with Crippen LogP contribution in [0.15, 0.2) is 6.20 Å². The van der Waals surface area contributed by atoms with Gasteiger partial charge in [0.2, 0.25) is 0 Å². The molecule has 2 unspecified atom stereocenters. The van der Waals surface area contributed by atoms with Gasteiger partial charge in [0.15, 0.2) is 5.75 Å². The molecule has 0 radical (unpaired) electrons. The summed E-state index contributed by atoms with van der Waals surface area (Å²) < 4.78 is 7.53. The summed E-state index contributed by atoms with van der Waals surface area (Å²) in [5, 5.41) is 4.47. The fourth-order valence-electron chi connectivity index (χ4n) is 3.58. The normalized spacial score (nSPS) is 23.2. The average Bonchev–Trinajstić information content (AvgIpc) is 2.95. The number of ether oxygens (including phenoxy) is 1. The predicted molar refractivity (Wildman–Crippen MR) is 80.4 cm³/mol. The first-order chi connectivity index (χ1) is 9.42. The van der Waals surface area contributed by atoms with E-state index >= 15 is 0 Å². The van der Waals surface area contributed by atoms with Gasteiger partial charge in [-0.25, -0.2) is 0 Å². The number of nitrogens with zero attached hydrogens (tertiary/aromatic N) is 2. The van der Waals surface area contributed by atoms with Gasteiger partial charge in [0, 0.05) is 6.04 Å². The minimum atomic E-state index is 0.0762.